The van der Waals surface area contributed by atoms with Gasteiger partial charge in [-0.15, -0.1) is 0 Å². The zero-order valence-corrected chi connectivity index (χ0v) is 11.2. The molecule has 0 aliphatic carbocycles. The summed E-state index contributed by atoms with van der Waals surface area (Å²) in [6.07, 6.45) is 0. The van der Waals surface area contributed by atoms with Crippen molar-refractivity contribution in [3.8, 4) is 11.5 Å². The summed E-state index contributed by atoms with van der Waals surface area (Å²) >= 11 is 0. The van der Waals surface area contributed by atoms with E-state index in [4.69, 9.17) is 9.84 Å². The van der Waals surface area contributed by atoms with Crippen molar-refractivity contribution in [3.63, 3.8) is 0 Å². The molecular weight excluding hydrogens is 240 g/mol. The van der Waals surface area contributed by atoms with Gasteiger partial charge in [0.15, 0.2) is 17.3 Å². The van der Waals surface area contributed by atoms with Crippen LogP contribution >= 0.6 is 0 Å². The molecule has 2 aromatic rings. The topological polar surface area (TPSA) is 46.5 Å². The van der Waals surface area contributed by atoms with Gasteiger partial charge in [-0.25, -0.2) is 0 Å². The molecule has 2 rings (SSSR count). The van der Waals surface area contributed by atoms with Crippen LogP contribution in [-0.4, -0.2) is 17.5 Å². The fourth-order valence-corrected chi connectivity index (χ4v) is 1.41. The Morgan fingerprint density at radius 2 is 1.63 bits per heavy atom. The number of ether oxygens (including phenoxy) is 1. The van der Waals surface area contributed by atoms with Gasteiger partial charge < -0.3 is 9.84 Å². The molecule has 0 spiro atoms. The lowest BCUT2D eigenvalue weighted by atomic mass is 10.2. The van der Waals surface area contributed by atoms with E-state index in [0.717, 1.165) is 5.56 Å². The number of Topliss-reactive ketones (excluding diaryl/α,β-unsaturated/α-hetero) is 1. The standard InChI is InChI=1S/C8H10O2.C8H8O/c1-2-10-8-6-4-3-5-7(8)9;1-7(9)8-5-3-2-4-6-8/h3-6,9H,2H2,1H3;2-6H,1H3. The number of phenolic OH excluding ortho intramolecular Hbond substituents is 1. The van der Waals surface area contributed by atoms with Crippen molar-refractivity contribution < 1.29 is 14.6 Å². The second-order valence-electron chi connectivity index (χ2n) is 3.82. The number of para-hydroxylation sites is 2. The highest BCUT2D eigenvalue weighted by molar-refractivity contribution is 5.93. The highest BCUT2D eigenvalue weighted by Gasteiger charge is 1.96. The Balaban J connectivity index is 0.000000191. The van der Waals surface area contributed by atoms with Gasteiger partial charge in [0.2, 0.25) is 0 Å². The van der Waals surface area contributed by atoms with Crippen molar-refractivity contribution in [1.29, 1.82) is 0 Å². The van der Waals surface area contributed by atoms with E-state index in [1.807, 2.05) is 43.3 Å². The Morgan fingerprint density at radius 1 is 1.05 bits per heavy atom. The number of benzene rings is 2. The maximum Gasteiger partial charge on any atom is 0.160 e. The molecule has 0 aliphatic heterocycles. The maximum atomic E-state index is 10.6. The zero-order valence-electron chi connectivity index (χ0n) is 11.2. The first-order valence-electron chi connectivity index (χ1n) is 6.12. The first-order chi connectivity index (χ1) is 9.15. The van der Waals surface area contributed by atoms with Crippen molar-refractivity contribution in [1.82, 2.24) is 0 Å². The molecule has 0 bridgehead atoms. The number of ketones is 1. The lowest BCUT2D eigenvalue weighted by molar-refractivity contribution is 0.101. The number of phenols is 1. The first-order valence-corrected chi connectivity index (χ1v) is 6.12. The Kier molecular flexibility index (Phi) is 6.16. The van der Waals surface area contributed by atoms with E-state index < -0.39 is 0 Å². The lowest BCUT2D eigenvalue weighted by Crippen LogP contribution is -1.90. The van der Waals surface area contributed by atoms with E-state index in [-0.39, 0.29) is 11.5 Å². The molecular formula is C16H18O3. The van der Waals surface area contributed by atoms with Gasteiger partial charge in [0, 0.05) is 5.56 Å². The molecule has 0 fully saturated rings. The summed E-state index contributed by atoms with van der Waals surface area (Å²) in [5, 5.41) is 9.12. The third-order valence-electron chi connectivity index (χ3n) is 2.35. The molecule has 0 aromatic heterocycles. The summed E-state index contributed by atoms with van der Waals surface area (Å²) in [4.78, 5) is 10.6. The molecule has 0 radical (unpaired) electrons. The van der Waals surface area contributed by atoms with Gasteiger partial charge in [0.1, 0.15) is 0 Å². The second kappa shape index (κ2) is 7.93. The molecule has 0 saturated carbocycles. The Labute approximate surface area is 113 Å². The van der Waals surface area contributed by atoms with Crippen LogP contribution in [0.5, 0.6) is 11.5 Å². The van der Waals surface area contributed by atoms with E-state index in [2.05, 4.69) is 0 Å². The SMILES string of the molecule is CC(=O)c1ccccc1.CCOc1ccccc1O. The van der Waals surface area contributed by atoms with Crippen LogP contribution < -0.4 is 4.74 Å². The van der Waals surface area contributed by atoms with E-state index in [1.54, 1.807) is 25.1 Å². The number of rotatable bonds is 3. The Morgan fingerprint density at radius 3 is 2.11 bits per heavy atom. The van der Waals surface area contributed by atoms with Crippen LogP contribution in [0, 0.1) is 0 Å². The van der Waals surface area contributed by atoms with Gasteiger partial charge in [-0.3, -0.25) is 4.79 Å². The predicted molar refractivity (Wildman–Crippen MR) is 75.7 cm³/mol. The van der Waals surface area contributed by atoms with Crippen LogP contribution in [0.4, 0.5) is 0 Å². The van der Waals surface area contributed by atoms with Gasteiger partial charge in [0.25, 0.3) is 0 Å². The highest BCUT2D eigenvalue weighted by atomic mass is 16.5. The predicted octanol–water partition coefficient (Wildman–Crippen LogP) is 3.68. The quantitative estimate of drug-likeness (QED) is 0.854. The molecule has 0 atom stereocenters. The van der Waals surface area contributed by atoms with E-state index >= 15 is 0 Å². The third-order valence-corrected chi connectivity index (χ3v) is 2.35. The van der Waals surface area contributed by atoms with E-state index in [0.29, 0.717) is 12.4 Å². The average molecular weight is 258 g/mol. The van der Waals surface area contributed by atoms with Crippen LogP contribution in [0.1, 0.15) is 24.2 Å². The number of aromatic hydroxyl groups is 1. The Bertz CT molecular complexity index is 506. The fourth-order valence-electron chi connectivity index (χ4n) is 1.41. The van der Waals surface area contributed by atoms with Crippen molar-refractivity contribution >= 4 is 5.78 Å². The van der Waals surface area contributed by atoms with Crippen LogP contribution in [0.25, 0.3) is 0 Å². The van der Waals surface area contributed by atoms with Crippen molar-refractivity contribution in [2.45, 2.75) is 13.8 Å². The third kappa shape index (κ3) is 5.25. The number of carbonyl (C=O) groups excluding carboxylic acids is 1. The van der Waals surface area contributed by atoms with Gasteiger partial charge in [-0.05, 0) is 26.0 Å². The largest absolute Gasteiger partial charge is 0.504 e. The van der Waals surface area contributed by atoms with Crippen LogP contribution in [0.3, 0.4) is 0 Å². The molecule has 1 N–H and O–H groups in total. The van der Waals surface area contributed by atoms with Crippen LogP contribution in [-0.2, 0) is 0 Å². The zero-order chi connectivity index (χ0) is 14.1. The van der Waals surface area contributed by atoms with E-state index in [1.165, 1.54) is 0 Å². The van der Waals surface area contributed by atoms with E-state index in [9.17, 15) is 4.79 Å². The molecule has 0 saturated heterocycles. The number of hydrogen-bond acceptors (Lipinski definition) is 3. The molecule has 0 heterocycles. The molecule has 2 aromatic carbocycles. The fraction of sp³-hybridized carbons (Fsp3) is 0.188. The summed E-state index contributed by atoms with van der Waals surface area (Å²) < 4.78 is 5.09. The first kappa shape index (κ1) is 14.8. The van der Waals surface area contributed by atoms with Crippen LogP contribution in [0.2, 0.25) is 0 Å². The minimum Gasteiger partial charge on any atom is -0.504 e. The molecule has 3 nitrogen and oxygen atoms in total. The summed E-state index contributed by atoms with van der Waals surface area (Å²) in [6, 6.07) is 16.1. The van der Waals surface area contributed by atoms with Crippen molar-refractivity contribution in [2.75, 3.05) is 6.61 Å². The average Bonchev–Trinajstić information content (AvgIpc) is 2.43. The van der Waals surface area contributed by atoms with Crippen LogP contribution in [0.15, 0.2) is 54.6 Å². The molecule has 0 unspecified atom stereocenters. The van der Waals surface area contributed by atoms with Gasteiger partial charge in [0.05, 0.1) is 6.61 Å². The highest BCUT2D eigenvalue weighted by Crippen LogP contribution is 2.23. The molecule has 3 heteroatoms. The second-order valence-corrected chi connectivity index (χ2v) is 3.82. The van der Waals surface area contributed by atoms with Gasteiger partial charge >= 0.3 is 0 Å². The monoisotopic (exact) mass is 258 g/mol. The van der Waals surface area contributed by atoms with Crippen molar-refractivity contribution in [2.24, 2.45) is 0 Å². The Hall–Kier alpha value is -2.29. The lowest BCUT2D eigenvalue weighted by Gasteiger charge is -2.02. The summed E-state index contributed by atoms with van der Waals surface area (Å²) in [5.41, 5.74) is 0.775. The maximum absolute atomic E-state index is 10.6. The minimum atomic E-state index is 0.121. The molecule has 19 heavy (non-hydrogen) atoms. The van der Waals surface area contributed by atoms with Gasteiger partial charge in [-0.2, -0.15) is 0 Å². The number of hydrogen-bond donors (Lipinski definition) is 1. The molecule has 100 valence electrons. The number of carbonyl (C=O) groups is 1. The normalized spacial score (nSPS) is 9.16. The van der Waals surface area contributed by atoms with Gasteiger partial charge in [-0.1, -0.05) is 42.5 Å². The van der Waals surface area contributed by atoms with Crippen molar-refractivity contribution in [3.05, 3.63) is 60.2 Å². The molecule has 0 aliphatic rings. The molecule has 0 amide bonds. The summed E-state index contributed by atoms with van der Waals surface area (Å²) in [7, 11) is 0. The summed E-state index contributed by atoms with van der Waals surface area (Å²) in [5.74, 6) is 0.866. The summed E-state index contributed by atoms with van der Waals surface area (Å²) in [6.45, 7) is 4.03. The smallest absolute Gasteiger partial charge is 0.160 e. The minimum absolute atomic E-state index is 0.121.